The van der Waals surface area contributed by atoms with Gasteiger partial charge in [-0.15, -0.1) is 0 Å². The van der Waals surface area contributed by atoms with Gasteiger partial charge in [-0.05, 0) is 28.1 Å². The summed E-state index contributed by atoms with van der Waals surface area (Å²) in [6, 6.07) is 4.63. The maximum atomic E-state index is 11.5. The predicted octanol–water partition coefficient (Wildman–Crippen LogP) is 0.990. The van der Waals surface area contributed by atoms with Crippen molar-refractivity contribution >= 4 is 15.9 Å². The molecule has 0 saturated carbocycles. The second kappa shape index (κ2) is 4.93. The first kappa shape index (κ1) is 12.6. The molecule has 0 unspecified atom stereocenters. The van der Waals surface area contributed by atoms with Crippen molar-refractivity contribution in [2.75, 3.05) is 0 Å². The minimum absolute atomic E-state index is 0.0600. The SMILES string of the molecule is O=c1ccn(Cc2nc(-c3ccc(Br)o3)no2)c(=O)[nH]1. The average Bonchev–Trinajstić information content (AvgIpc) is 3.02. The summed E-state index contributed by atoms with van der Waals surface area (Å²) in [4.78, 5) is 28.7. The molecule has 0 radical (unpaired) electrons. The van der Waals surface area contributed by atoms with Crippen molar-refractivity contribution < 1.29 is 8.94 Å². The molecule has 3 heterocycles. The molecule has 3 rings (SSSR count). The number of H-pyrrole nitrogens is 1. The number of aromatic nitrogens is 4. The van der Waals surface area contributed by atoms with Gasteiger partial charge in [0.2, 0.25) is 11.7 Å². The van der Waals surface area contributed by atoms with Crippen molar-refractivity contribution in [2.45, 2.75) is 6.54 Å². The lowest BCUT2D eigenvalue weighted by Gasteiger charge is -1.98. The molecular weight excluding hydrogens is 332 g/mol. The molecular formula is C11H7BrN4O4. The third-order valence-electron chi connectivity index (χ3n) is 2.46. The van der Waals surface area contributed by atoms with Gasteiger partial charge >= 0.3 is 5.69 Å². The largest absolute Gasteiger partial charge is 0.446 e. The first-order valence-electron chi connectivity index (χ1n) is 5.50. The molecule has 3 aromatic heterocycles. The Balaban J connectivity index is 1.87. The lowest BCUT2D eigenvalue weighted by Crippen LogP contribution is -2.28. The number of nitrogens with zero attached hydrogens (tertiary/aromatic N) is 3. The average molecular weight is 339 g/mol. The van der Waals surface area contributed by atoms with Crippen molar-refractivity contribution in [1.82, 2.24) is 19.7 Å². The van der Waals surface area contributed by atoms with Gasteiger partial charge in [-0.25, -0.2) is 4.79 Å². The molecule has 102 valence electrons. The summed E-state index contributed by atoms with van der Waals surface area (Å²) in [6.07, 6.45) is 1.36. The van der Waals surface area contributed by atoms with Gasteiger partial charge < -0.3 is 8.94 Å². The number of hydrogen-bond acceptors (Lipinski definition) is 6. The monoisotopic (exact) mass is 338 g/mol. The molecule has 0 aliphatic carbocycles. The van der Waals surface area contributed by atoms with Gasteiger partial charge in [0.25, 0.3) is 5.56 Å². The Morgan fingerprint density at radius 2 is 2.15 bits per heavy atom. The van der Waals surface area contributed by atoms with Crippen LogP contribution in [0.25, 0.3) is 11.6 Å². The highest BCUT2D eigenvalue weighted by atomic mass is 79.9. The Morgan fingerprint density at radius 3 is 2.85 bits per heavy atom. The maximum absolute atomic E-state index is 11.5. The molecule has 0 aliphatic heterocycles. The second-order valence-corrected chi connectivity index (χ2v) is 4.64. The topological polar surface area (TPSA) is 107 Å². The summed E-state index contributed by atoms with van der Waals surface area (Å²) in [6.45, 7) is 0.0600. The van der Waals surface area contributed by atoms with Crippen LogP contribution in [0.1, 0.15) is 5.89 Å². The summed E-state index contributed by atoms with van der Waals surface area (Å²) in [5.41, 5.74) is -1.00. The number of rotatable bonds is 3. The van der Waals surface area contributed by atoms with Gasteiger partial charge in [0.1, 0.15) is 6.54 Å². The fourth-order valence-electron chi connectivity index (χ4n) is 1.57. The van der Waals surface area contributed by atoms with E-state index >= 15 is 0 Å². The zero-order chi connectivity index (χ0) is 14.1. The fraction of sp³-hybridized carbons (Fsp3) is 0.0909. The second-order valence-electron chi connectivity index (χ2n) is 3.85. The Morgan fingerprint density at radius 1 is 1.30 bits per heavy atom. The summed E-state index contributed by atoms with van der Waals surface area (Å²) in [5, 5.41) is 3.76. The van der Waals surface area contributed by atoms with E-state index in [0.29, 0.717) is 10.4 Å². The highest BCUT2D eigenvalue weighted by Crippen LogP contribution is 2.22. The molecule has 3 aromatic rings. The molecule has 0 atom stereocenters. The highest BCUT2D eigenvalue weighted by molar-refractivity contribution is 9.10. The Hall–Kier alpha value is -2.42. The third-order valence-corrected chi connectivity index (χ3v) is 2.89. The van der Waals surface area contributed by atoms with E-state index in [1.165, 1.54) is 16.8 Å². The summed E-state index contributed by atoms with van der Waals surface area (Å²) in [5.74, 6) is 0.950. The van der Waals surface area contributed by atoms with E-state index in [0.717, 1.165) is 0 Å². The van der Waals surface area contributed by atoms with Crippen LogP contribution in [0.3, 0.4) is 0 Å². The predicted molar refractivity (Wildman–Crippen MR) is 70.1 cm³/mol. The summed E-state index contributed by atoms with van der Waals surface area (Å²) in [7, 11) is 0. The number of halogens is 1. The minimum atomic E-state index is -0.544. The number of furan rings is 1. The van der Waals surface area contributed by atoms with E-state index in [1.54, 1.807) is 12.1 Å². The molecule has 20 heavy (non-hydrogen) atoms. The van der Waals surface area contributed by atoms with Crippen LogP contribution in [0, 0.1) is 0 Å². The summed E-state index contributed by atoms with van der Waals surface area (Å²) >= 11 is 3.17. The molecule has 0 bridgehead atoms. The number of hydrogen-bond donors (Lipinski definition) is 1. The van der Waals surface area contributed by atoms with Crippen LogP contribution in [0.15, 0.2) is 47.6 Å². The van der Waals surface area contributed by atoms with Crippen LogP contribution in [0.5, 0.6) is 0 Å². The first-order chi connectivity index (χ1) is 9.61. The van der Waals surface area contributed by atoms with Crippen LogP contribution < -0.4 is 11.2 Å². The lowest BCUT2D eigenvalue weighted by molar-refractivity contribution is 0.368. The molecule has 0 aliphatic rings. The molecule has 8 nitrogen and oxygen atoms in total. The quantitative estimate of drug-likeness (QED) is 0.763. The Kier molecular flexibility index (Phi) is 3.11. The van der Waals surface area contributed by atoms with Gasteiger partial charge in [-0.3, -0.25) is 14.3 Å². The van der Waals surface area contributed by atoms with Crippen molar-refractivity contribution in [3.8, 4) is 11.6 Å². The van der Waals surface area contributed by atoms with E-state index in [2.05, 4.69) is 31.1 Å². The van der Waals surface area contributed by atoms with E-state index in [1.807, 2.05) is 0 Å². The Labute approximate surface area is 119 Å². The van der Waals surface area contributed by atoms with E-state index in [9.17, 15) is 9.59 Å². The molecule has 0 spiro atoms. The minimum Gasteiger partial charge on any atom is -0.446 e. The Bertz CT molecular complexity index is 859. The lowest BCUT2D eigenvalue weighted by atomic mass is 10.4. The van der Waals surface area contributed by atoms with Crippen molar-refractivity contribution in [1.29, 1.82) is 0 Å². The molecule has 0 aromatic carbocycles. The first-order valence-corrected chi connectivity index (χ1v) is 6.29. The van der Waals surface area contributed by atoms with Crippen LogP contribution in [-0.2, 0) is 6.54 Å². The van der Waals surface area contributed by atoms with E-state index in [-0.39, 0.29) is 18.3 Å². The third kappa shape index (κ3) is 2.48. The van der Waals surface area contributed by atoms with E-state index < -0.39 is 11.2 Å². The smallest absolute Gasteiger partial charge is 0.328 e. The zero-order valence-electron chi connectivity index (χ0n) is 9.87. The standard InChI is InChI=1S/C11H7BrN4O4/c12-7-2-1-6(19-7)10-14-9(20-15-10)5-16-4-3-8(17)13-11(16)18/h1-4H,5H2,(H,13,17,18). The molecule has 0 amide bonds. The van der Waals surface area contributed by atoms with Crippen molar-refractivity contribution in [3.05, 3.63) is 55.8 Å². The number of nitrogens with one attached hydrogen (secondary N) is 1. The maximum Gasteiger partial charge on any atom is 0.328 e. The van der Waals surface area contributed by atoms with Crippen LogP contribution >= 0.6 is 15.9 Å². The zero-order valence-corrected chi connectivity index (χ0v) is 11.5. The highest BCUT2D eigenvalue weighted by Gasteiger charge is 2.12. The molecule has 1 N–H and O–H groups in total. The molecule has 0 fully saturated rings. The van der Waals surface area contributed by atoms with E-state index in [4.69, 9.17) is 8.94 Å². The van der Waals surface area contributed by atoms with Gasteiger partial charge in [0.05, 0.1) is 0 Å². The molecule has 0 saturated heterocycles. The van der Waals surface area contributed by atoms with Gasteiger partial charge in [0.15, 0.2) is 10.4 Å². The van der Waals surface area contributed by atoms with Gasteiger partial charge in [-0.1, -0.05) is 5.16 Å². The van der Waals surface area contributed by atoms with Crippen LogP contribution in [0.4, 0.5) is 0 Å². The summed E-state index contributed by atoms with van der Waals surface area (Å²) < 4.78 is 12.1. The van der Waals surface area contributed by atoms with Crippen molar-refractivity contribution in [3.63, 3.8) is 0 Å². The fourth-order valence-corrected chi connectivity index (χ4v) is 1.87. The molecule has 9 heteroatoms. The van der Waals surface area contributed by atoms with Crippen LogP contribution in [-0.4, -0.2) is 19.7 Å². The van der Waals surface area contributed by atoms with Gasteiger partial charge in [0, 0.05) is 12.3 Å². The number of aromatic amines is 1. The normalized spacial score (nSPS) is 10.8. The van der Waals surface area contributed by atoms with Gasteiger partial charge in [-0.2, -0.15) is 4.98 Å². The van der Waals surface area contributed by atoms with Crippen LogP contribution in [0.2, 0.25) is 0 Å². The van der Waals surface area contributed by atoms with Crippen molar-refractivity contribution in [2.24, 2.45) is 0 Å².